The number of nitrogens with one attached hydrogen (secondary N) is 1. The fraction of sp³-hybridized carbons (Fsp3) is 0.300. The van der Waals surface area contributed by atoms with Crippen LogP contribution in [-0.2, 0) is 21.8 Å². The molecular weight excluding hydrogens is 420 g/mol. The van der Waals surface area contributed by atoms with Gasteiger partial charge in [-0.1, -0.05) is 12.1 Å². The van der Waals surface area contributed by atoms with E-state index in [0.29, 0.717) is 42.7 Å². The van der Waals surface area contributed by atoms with Crippen molar-refractivity contribution in [3.05, 3.63) is 64.8 Å². The number of nitrogens with zero attached hydrogens (tertiary/aromatic N) is 5. The highest BCUT2D eigenvalue weighted by Gasteiger charge is 2.25. The maximum atomic E-state index is 12.5. The van der Waals surface area contributed by atoms with Crippen LogP contribution in [0.3, 0.4) is 0 Å². The van der Waals surface area contributed by atoms with Crippen molar-refractivity contribution in [3.8, 4) is 11.4 Å². The molecule has 2 aromatic heterocycles. The Hall–Kier alpha value is -3.31. The summed E-state index contributed by atoms with van der Waals surface area (Å²) in [7, 11) is -1.65. The molecule has 1 saturated heterocycles. The third-order valence-electron chi connectivity index (χ3n) is 4.89. The van der Waals surface area contributed by atoms with E-state index < -0.39 is 10.0 Å². The van der Waals surface area contributed by atoms with Crippen LogP contribution >= 0.6 is 0 Å². The summed E-state index contributed by atoms with van der Waals surface area (Å²) < 4.78 is 32.7. The third-order valence-corrected chi connectivity index (χ3v) is 5.50. The van der Waals surface area contributed by atoms with E-state index in [1.165, 1.54) is 17.0 Å². The minimum atomic E-state index is -3.33. The summed E-state index contributed by atoms with van der Waals surface area (Å²) in [4.78, 5) is 27.3. The molecule has 1 aromatic carbocycles. The fourth-order valence-electron chi connectivity index (χ4n) is 3.40. The van der Waals surface area contributed by atoms with E-state index in [-0.39, 0.29) is 11.7 Å². The first-order valence-corrected chi connectivity index (χ1v) is 11.5. The molecule has 10 nitrogen and oxygen atoms in total. The third kappa shape index (κ3) is 4.89. The van der Waals surface area contributed by atoms with Crippen LogP contribution in [0.25, 0.3) is 11.4 Å². The van der Waals surface area contributed by atoms with Gasteiger partial charge in [0.2, 0.25) is 16.0 Å². The zero-order chi connectivity index (χ0) is 22.0. The molecule has 162 valence electrons. The Labute approximate surface area is 179 Å². The van der Waals surface area contributed by atoms with Crippen molar-refractivity contribution in [1.29, 1.82) is 0 Å². The average molecular weight is 443 g/mol. The van der Waals surface area contributed by atoms with Crippen LogP contribution in [0.2, 0.25) is 0 Å². The van der Waals surface area contributed by atoms with Crippen molar-refractivity contribution in [3.63, 3.8) is 0 Å². The number of hydrogen-bond donors (Lipinski definition) is 1. The van der Waals surface area contributed by atoms with Crippen molar-refractivity contribution in [2.24, 2.45) is 7.05 Å². The number of ether oxygens (including phenoxy) is 1. The number of benzene rings is 1. The minimum absolute atomic E-state index is 0.183. The van der Waals surface area contributed by atoms with Crippen LogP contribution in [0.1, 0.15) is 11.7 Å². The molecule has 0 aliphatic carbocycles. The molecule has 1 aliphatic heterocycles. The van der Waals surface area contributed by atoms with E-state index in [4.69, 9.17) is 4.74 Å². The topological polar surface area (TPSA) is 119 Å². The lowest BCUT2D eigenvalue weighted by atomic mass is 10.1. The van der Waals surface area contributed by atoms with Crippen molar-refractivity contribution >= 4 is 21.7 Å². The molecule has 3 aromatic rings. The van der Waals surface area contributed by atoms with Gasteiger partial charge in [-0.2, -0.15) is 0 Å². The number of morpholine rings is 1. The van der Waals surface area contributed by atoms with Gasteiger partial charge in [-0.25, -0.2) is 23.4 Å². The first-order valence-electron chi connectivity index (χ1n) is 9.59. The Morgan fingerprint density at radius 2 is 1.94 bits per heavy atom. The van der Waals surface area contributed by atoms with E-state index in [0.717, 1.165) is 11.8 Å². The maximum absolute atomic E-state index is 12.5. The summed E-state index contributed by atoms with van der Waals surface area (Å²) in [5.74, 6) is 0.532. The summed E-state index contributed by atoms with van der Waals surface area (Å²) in [5.41, 5.74) is 2.27. The second-order valence-electron chi connectivity index (χ2n) is 7.23. The van der Waals surface area contributed by atoms with Crippen LogP contribution in [0.5, 0.6) is 0 Å². The van der Waals surface area contributed by atoms with Crippen molar-refractivity contribution < 1.29 is 13.2 Å². The Morgan fingerprint density at radius 3 is 2.61 bits per heavy atom. The van der Waals surface area contributed by atoms with Gasteiger partial charge in [0.05, 0.1) is 30.8 Å². The number of hydrogen-bond acceptors (Lipinski definition) is 8. The molecule has 4 rings (SSSR count). The van der Waals surface area contributed by atoms with Gasteiger partial charge < -0.3 is 9.64 Å². The van der Waals surface area contributed by atoms with E-state index >= 15 is 0 Å². The smallest absolute Gasteiger partial charge is 0.255 e. The standard InChI is InChI=1S/C20H22N6O4S/c1-25-19(27)11-17(16-7-8-21-13-22-16)23-20(25)26-9-10-30-18(12-26)14-3-5-15(6-4-14)24-31(2,28)29/h3-8,11,13,18,24H,9-10,12H2,1-2H3/t18-/m1/s1. The molecule has 1 aliphatic rings. The van der Waals surface area contributed by atoms with Crippen molar-refractivity contribution in [1.82, 2.24) is 19.5 Å². The molecule has 1 N–H and O–H groups in total. The minimum Gasteiger partial charge on any atom is -0.370 e. The molecule has 0 unspecified atom stereocenters. The summed E-state index contributed by atoms with van der Waals surface area (Å²) >= 11 is 0. The Kier molecular flexibility index (Phi) is 5.70. The summed E-state index contributed by atoms with van der Waals surface area (Å²) in [6, 6.07) is 10.2. The first-order chi connectivity index (χ1) is 14.8. The highest BCUT2D eigenvalue weighted by atomic mass is 32.2. The predicted octanol–water partition coefficient (Wildman–Crippen LogP) is 1.19. The zero-order valence-electron chi connectivity index (χ0n) is 17.1. The van der Waals surface area contributed by atoms with Gasteiger partial charge in [0.15, 0.2) is 0 Å². The Morgan fingerprint density at radius 1 is 1.16 bits per heavy atom. The maximum Gasteiger partial charge on any atom is 0.255 e. The number of anilines is 2. The highest BCUT2D eigenvalue weighted by molar-refractivity contribution is 7.92. The van der Waals surface area contributed by atoms with Gasteiger partial charge in [0.1, 0.15) is 12.4 Å². The van der Waals surface area contributed by atoms with Gasteiger partial charge in [-0.3, -0.25) is 14.1 Å². The van der Waals surface area contributed by atoms with Gasteiger partial charge in [-0.05, 0) is 23.8 Å². The average Bonchev–Trinajstić information content (AvgIpc) is 2.76. The largest absolute Gasteiger partial charge is 0.370 e. The molecule has 1 atom stereocenters. The predicted molar refractivity (Wildman–Crippen MR) is 116 cm³/mol. The number of aromatic nitrogens is 4. The quantitative estimate of drug-likeness (QED) is 0.626. The SMILES string of the molecule is Cn1c(N2CCO[C@@H](c3ccc(NS(C)(=O)=O)cc3)C2)nc(-c2ccncn2)cc1=O. The van der Waals surface area contributed by atoms with E-state index in [1.807, 2.05) is 17.0 Å². The Balaban J connectivity index is 1.59. The molecule has 3 heterocycles. The molecule has 11 heteroatoms. The fourth-order valence-corrected chi connectivity index (χ4v) is 3.96. The first kappa shape index (κ1) is 20.9. The molecular formula is C20H22N6O4S. The lowest BCUT2D eigenvalue weighted by Gasteiger charge is -2.34. The highest BCUT2D eigenvalue weighted by Crippen LogP contribution is 2.26. The normalized spacial score (nSPS) is 16.8. The number of sulfonamides is 1. The lowest BCUT2D eigenvalue weighted by Crippen LogP contribution is -2.41. The molecule has 0 amide bonds. The molecule has 31 heavy (non-hydrogen) atoms. The number of rotatable bonds is 5. The van der Waals surface area contributed by atoms with Crippen LogP contribution in [0, 0.1) is 0 Å². The Bertz CT molecular complexity index is 1230. The van der Waals surface area contributed by atoms with E-state index in [1.54, 1.807) is 31.4 Å². The molecule has 0 saturated carbocycles. The summed E-state index contributed by atoms with van der Waals surface area (Å²) in [6.07, 6.45) is 3.88. The van der Waals surface area contributed by atoms with E-state index in [9.17, 15) is 13.2 Å². The molecule has 0 spiro atoms. The summed E-state index contributed by atoms with van der Waals surface area (Å²) in [6.45, 7) is 1.53. The monoisotopic (exact) mass is 442 g/mol. The second-order valence-corrected chi connectivity index (χ2v) is 8.98. The van der Waals surface area contributed by atoms with Gasteiger partial charge in [-0.15, -0.1) is 0 Å². The van der Waals surface area contributed by atoms with Gasteiger partial charge >= 0.3 is 0 Å². The second kappa shape index (κ2) is 8.44. The molecule has 0 radical (unpaired) electrons. The van der Waals surface area contributed by atoms with Crippen LogP contribution in [0.4, 0.5) is 11.6 Å². The van der Waals surface area contributed by atoms with Crippen LogP contribution in [-0.4, -0.2) is 53.9 Å². The van der Waals surface area contributed by atoms with Gasteiger partial charge in [0.25, 0.3) is 5.56 Å². The summed E-state index contributed by atoms with van der Waals surface area (Å²) in [5, 5.41) is 0. The van der Waals surface area contributed by atoms with Crippen molar-refractivity contribution in [2.75, 3.05) is 35.6 Å². The molecule has 0 bridgehead atoms. The van der Waals surface area contributed by atoms with Crippen LogP contribution < -0.4 is 15.2 Å². The lowest BCUT2D eigenvalue weighted by molar-refractivity contribution is 0.0390. The van der Waals surface area contributed by atoms with Crippen molar-refractivity contribution in [2.45, 2.75) is 6.10 Å². The zero-order valence-corrected chi connectivity index (χ0v) is 17.9. The molecule has 1 fully saturated rings. The van der Waals surface area contributed by atoms with Crippen LogP contribution in [0.15, 0.2) is 53.7 Å². The van der Waals surface area contributed by atoms with E-state index in [2.05, 4.69) is 19.7 Å². The van der Waals surface area contributed by atoms with Gasteiger partial charge in [0, 0.05) is 31.5 Å².